The van der Waals surface area contributed by atoms with Crippen molar-refractivity contribution in [3.63, 3.8) is 0 Å². The number of rotatable bonds is 5. The van der Waals surface area contributed by atoms with Crippen LogP contribution in [0.15, 0.2) is 73.1 Å². The van der Waals surface area contributed by atoms with Crippen LogP contribution in [0.2, 0.25) is 0 Å². The molecular weight excluding hydrogens is 597 g/mol. The molecule has 3 aromatic carbocycles. The first-order chi connectivity index (χ1) is 16.0. The number of aryl methyl sites for hydroxylation is 1. The van der Waals surface area contributed by atoms with Crippen LogP contribution in [0, 0.1) is 13.0 Å². The molecule has 4 nitrogen and oxygen atoms in total. The number of hydrogen-bond acceptors (Lipinski definition) is 2. The molecule has 0 aliphatic rings. The van der Waals surface area contributed by atoms with E-state index in [0.29, 0.717) is 11.8 Å². The molecule has 2 heterocycles. The summed E-state index contributed by atoms with van der Waals surface area (Å²) in [6.07, 6.45) is 3.95. The van der Waals surface area contributed by atoms with E-state index in [1.54, 1.807) is 0 Å². The number of hydrogen-bond donors (Lipinski definition) is 0. The summed E-state index contributed by atoms with van der Waals surface area (Å²) in [5.41, 5.74) is 7.93. The number of fused-ring (bicyclic) bond motifs is 1. The third-order valence-corrected chi connectivity index (χ3v) is 6.23. The molecule has 0 aliphatic carbocycles. The molecule has 5 heteroatoms. The number of para-hydroxylation sites is 2. The molecule has 0 bridgehead atoms. The second-order valence-electron chi connectivity index (χ2n) is 9.16. The van der Waals surface area contributed by atoms with E-state index in [2.05, 4.69) is 97.6 Å². The number of aromatic nitrogens is 4. The Bertz CT molecular complexity index is 1400. The van der Waals surface area contributed by atoms with E-state index in [0.717, 1.165) is 33.9 Å². The summed E-state index contributed by atoms with van der Waals surface area (Å²) in [6, 6.07) is 24.6. The summed E-state index contributed by atoms with van der Waals surface area (Å²) < 4.78 is 4.43. The zero-order valence-corrected chi connectivity index (χ0v) is 22.6. The van der Waals surface area contributed by atoms with E-state index in [1.807, 2.05) is 25.3 Å². The van der Waals surface area contributed by atoms with E-state index in [-0.39, 0.29) is 20.1 Å². The molecule has 0 N–H and O–H groups in total. The standard InChI is InChI=1S/C29H29N4.Ir/c1-19(2)24-12-9-13-25(20(3)4)28(24)32-17-16-30-29(32)22-14-15-26-27(18-22)33(21(5)31-26)23-10-7-6-8-11-23;/h6-13,15-20H,1-5H3;/q-1;. The van der Waals surface area contributed by atoms with Gasteiger partial charge in [-0.05, 0) is 47.5 Å². The Labute approximate surface area is 215 Å². The maximum absolute atomic E-state index is 4.78. The predicted octanol–water partition coefficient (Wildman–Crippen LogP) is 7.23. The van der Waals surface area contributed by atoms with Gasteiger partial charge in [-0.25, -0.2) is 0 Å². The first-order valence-electron chi connectivity index (χ1n) is 11.6. The molecule has 0 saturated carbocycles. The molecular formula is C29H29IrN4-. The van der Waals surface area contributed by atoms with Gasteiger partial charge in [0.1, 0.15) is 0 Å². The topological polar surface area (TPSA) is 35.6 Å². The smallest absolute Gasteiger partial charge is 0.0990 e. The maximum atomic E-state index is 4.78. The average molecular weight is 626 g/mol. The van der Waals surface area contributed by atoms with Gasteiger partial charge in [0.15, 0.2) is 0 Å². The third kappa shape index (κ3) is 4.15. The fourth-order valence-corrected chi connectivity index (χ4v) is 4.64. The van der Waals surface area contributed by atoms with Gasteiger partial charge in [-0.15, -0.1) is 23.8 Å². The normalized spacial score (nSPS) is 11.4. The summed E-state index contributed by atoms with van der Waals surface area (Å²) in [5.74, 6) is 2.66. The van der Waals surface area contributed by atoms with E-state index >= 15 is 0 Å². The van der Waals surface area contributed by atoms with Crippen molar-refractivity contribution in [2.24, 2.45) is 0 Å². The van der Waals surface area contributed by atoms with Crippen LogP contribution in [0.4, 0.5) is 0 Å². The van der Waals surface area contributed by atoms with Crippen molar-refractivity contribution < 1.29 is 20.1 Å². The van der Waals surface area contributed by atoms with Crippen molar-refractivity contribution in [2.45, 2.75) is 46.5 Å². The molecule has 175 valence electrons. The minimum Gasteiger partial charge on any atom is -0.340 e. The minimum absolute atomic E-state index is 0. The SMILES string of the molecule is Cc1nc2c[c-]c(-c3nccn3-c3c(C(C)C)cccc3C(C)C)cc2n1-c1ccccc1.[Ir]. The van der Waals surface area contributed by atoms with Gasteiger partial charge in [0.05, 0.1) is 11.6 Å². The van der Waals surface area contributed by atoms with E-state index in [9.17, 15) is 0 Å². The Kier molecular flexibility index (Phi) is 6.88. The van der Waals surface area contributed by atoms with Crippen molar-refractivity contribution >= 4 is 11.0 Å². The maximum Gasteiger partial charge on any atom is 0.0990 e. The first kappa shape index (κ1) is 24.1. The van der Waals surface area contributed by atoms with Crippen molar-refractivity contribution in [1.82, 2.24) is 19.1 Å². The molecule has 1 radical (unpaired) electrons. The fourth-order valence-electron chi connectivity index (χ4n) is 4.64. The zero-order chi connectivity index (χ0) is 23.1. The number of nitrogens with zero attached hydrogens (tertiary/aromatic N) is 4. The summed E-state index contributed by atoms with van der Waals surface area (Å²) in [7, 11) is 0. The van der Waals surface area contributed by atoms with Crippen LogP contribution < -0.4 is 0 Å². The van der Waals surface area contributed by atoms with Gasteiger partial charge in [0.25, 0.3) is 0 Å². The molecule has 0 amide bonds. The van der Waals surface area contributed by atoms with E-state index in [1.165, 1.54) is 16.8 Å². The van der Waals surface area contributed by atoms with Crippen LogP contribution in [-0.2, 0) is 20.1 Å². The van der Waals surface area contributed by atoms with Gasteiger partial charge in [-0.3, -0.25) is 9.97 Å². The van der Waals surface area contributed by atoms with Crippen molar-refractivity contribution in [3.05, 3.63) is 96.1 Å². The molecule has 0 spiro atoms. The number of imidazole rings is 2. The Hall–Kier alpha value is -3.01. The van der Waals surface area contributed by atoms with Gasteiger partial charge in [-0.1, -0.05) is 64.1 Å². The summed E-state index contributed by atoms with van der Waals surface area (Å²) in [5, 5.41) is 0. The van der Waals surface area contributed by atoms with Crippen LogP contribution >= 0.6 is 0 Å². The van der Waals surface area contributed by atoms with E-state index < -0.39 is 0 Å². The van der Waals surface area contributed by atoms with Gasteiger partial charge >= 0.3 is 0 Å². The molecule has 0 saturated heterocycles. The van der Waals surface area contributed by atoms with Gasteiger partial charge < -0.3 is 9.13 Å². The van der Waals surface area contributed by atoms with Crippen LogP contribution in [0.5, 0.6) is 0 Å². The van der Waals surface area contributed by atoms with Crippen LogP contribution in [0.3, 0.4) is 0 Å². The Morgan fingerprint density at radius 3 is 2.21 bits per heavy atom. The largest absolute Gasteiger partial charge is 0.340 e. The van der Waals surface area contributed by atoms with Crippen molar-refractivity contribution in [2.75, 3.05) is 0 Å². The summed E-state index contributed by atoms with van der Waals surface area (Å²) in [4.78, 5) is 9.55. The average Bonchev–Trinajstić information content (AvgIpc) is 3.42. The Morgan fingerprint density at radius 2 is 1.56 bits per heavy atom. The quantitative estimate of drug-likeness (QED) is 0.193. The third-order valence-electron chi connectivity index (χ3n) is 6.23. The van der Waals surface area contributed by atoms with Gasteiger partial charge in [-0.2, -0.15) is 0 Å². The van der Waals surface area contributed by atoms with Crippen LogP contribution in [-0.4, -0.2) is 19.1 Å². The number of benzene rings is 3. The van der Waals surface area contributed by atoms with E-state index in [4.69, 9.17) is 9.97 Å². The predicted molar refractivity (Wildman–Crippen MR) is 135 cm³/mol. The molecule has 34 heavy (non-hydrogen) atoms. The molecule has 5 rings (SSSR count). The van der Waals surface area contributed by atoms with Gasteiger partial charge in [0, 0.05) is 49.4 Å². The molecule has 0 atom stereocenters. The van der Waals surface area contributed by atoms with Crippen molar-refractivity contribution in [3.8, 4) is 22.8 Å². The summed E-state index contributed by atoms with van der Waals surface area (Å²) in [6.45, 7) is 11.0. The monoisotopic (exact) mass is 626 g/mol. The molecule has 0 aliphatic heterocycles. The Balaban J connectivity index is 0.00000274. The fraction of sp³-hybridized carbons (Fsp3) is 0.241. The molecule has 0 unspecified atom stereocenters. The molecule has 0 fully saturated rings. The second kappa shape index (κ2) is 9.69. The van der Waals surface area contributed by atoms with Crippen LogP contribution in [0.25, 0.3) is 33.8 Å². The summed E-state index contributed by atoms with van der Waals surface area (Å²) >= 11 is 0. The minimum atomic E-state index is 0. The Morgan fingerprint density at radius 1 is 0.882 bits per heavy atom. The van der Waals surface area contributed by atoms with Gasteiger partial charge in [0.2, 0.25) is 0 Å². The first-order valence-corrected chi connectivity index (χ1v) is 11.6. The second-order valence-corrected chi connectivity index (χ2v) is 9.16. The zero-order valence-electron chi connectivity index (χ0n) is 20.2. The van der Waals surface area contributed by atoms with Crippen LogP contribution in [0.1, 0.15) is 56.5 Å². The molecule has 2 aromatic heterocycles. The molecule has 5 aromatic rings. The van der Waals surface area contributed by atoms with Crippen molar-refractivity contribution in [1.29, 1.82) is 0 Å².